The van der Waals surface area contributed by atoms with Gasteiger partial charge in [-0.2, -0.15) is 0 Å². The molecule has 0 bridgehead atoms. The molecule has 0 saturated heterocycles. The first-order valence-electron chi connectivity index (χ1n) is 5.51. The largest absolute Gasteiger partial charge is 0.494 e. The van der Waals surface area contributed by atoms with Crippen molar-refractivity contribution in [3.8, 4) is 5.75 Å². The minimum atomic E-state index is -0.320. The van der Waals surface area contributed by atoms with Crippen molar-refractivity contribution < 1.29 is 9.13 Å². The number of likely N-dealkylation sites (N-methyl/N-ethyl adjacent to an activating group) is 1. The van der Waals surface area contributed by atoms with Crippen LogP contribution < -0.4 is 15.4 Å². The van der Waals surface area contributed by atoms with Crippen LogP contribution in [0.2, 0.25) is 0 Å². The van der Waals surface area contributed by atoms with E-state index in [0.717, 1.165) is 31.7 Å². The maximum Gasteiger partial charge on any atom is 0.165 e. The Morgan fingerprint density at radius 3 is 2.69 bits per heavy atom. The summed E-state index contributed by atoms with van der Waals surface area (Å²) in [6.07, 6.45) is 0. The van der Waals surface area contributed by atoms with Crippen molar-refractivity contribution in [2.24, 2.45) is 0 Å². The highest BCUT2D eigenvalue weighted by Crippen LogP contribution is 2.17. The molecule has 0 heterocycles. The van der Waals surface area contributed by atoms with Crippen LogP contribution in [0.15, 0.2) is 18.2 Å². The number of hydrogen-bond donors (Lipinski definition) is 2. The Morgan fingerprint density at radius 1 is 1.25 bits per heavy atom. The molecular formula is C12H19FN2O. The number of nitrogens with one attached hydrogen (secondary N) is 2. The van der Waals surface area contributed by atoms with Crippen LogP contribution in [0.4, 0.5) is 4.39 Å². The van der Waals surface area contributed by atoms with Gasteiger partial charge in [0.1, 0.15) is 0 Å². The second-order valence-electron chi connectivity index (χ2n) is 3.50. The summed E-state index contributed by atoms with van der Waals surface area (Å²) >= 11 is 0. The average Bonchev–Trinajstić information content (AvgIpc) is 2.31. The van der Waals surface area contributed by atoms with E-state index in [2.05, 4.69) is 17.6 Å². The molecule has 0 atom stereocenters. The molecule has 0 saturated carbocycles. The third-order valence-corrected chi connectivity index (χ3v) is 2.27. The number of ether oxygens (including phenoxy) is 1. The molecule has 0 unspecified atom stereocenters. The fraction of sp³-hybridized carbons (Fsp3) is 0.500. The summed E-state index contributed by atoms with van der Waals surface area (Å²) in [5.74, 6) is -0.0233. The number of methoxy groups -OCH3 is 1. The normalized spacial score (nSPS) is 10.4. The molecule has 90 valence electrons. The van der Waals surface area contributed by atoms with E-state index in [1.54, 1.807) is 12.1 Å². The van der Waals surface area contributed by atoms with Crippen molar-refractivity contribution in [2.45, 2.75) is 13.5 Å². The van der Waals surface area contributed by atoms with Crippen LogP contribution in [-0.4, -0.2) is 26.7 Å². The maximum atomic E-state index is 13.1. The number of hydrogen-bond acceptors (Lipinski definition) is 3. The molecular weight excluding hydrogens is 207 g/mol. The standard InChI is InChI=1S/C12H19FN2O/c1-3-14-6-7-15-9-10-4-5-11(13)12(8-10)16-2/h4-5,8,14-15H,3,6-7,9H2,1-2H3. The van der Waals surface area contributed by atoms with Crippen LogP contribution in [0.3, 0.4) is 0 Å². The number of halogens is 1. The third-order valence-electron chi connectivity index (χ3n) is 2.27. The van der Waals surface area contributed by atoms with Crippen molar-refractivity contribution in [2.75, 3.05) is 26.7 Å². The lowest BCUT2D eigenvalue weighted by Gasteiger charge is -2.07. The van der Waals surface area contributed by atoms with Crippen molar-refractivity contribution >= 4 is 0 Å². The van der Waals surface area contributed by atoms with Gasteiger partial charge < -0.3 is 15.4 Å². The summed E-state index contributed by atoms with van der Waals surface area (Å²) < 4.78 is 18.0. The zero-order chi connectivity index (χ0) is 11.8. The van der Waals surface area contributed by atoms with Gasteiger partial charge in [0.05, 0.1) is 7.11 Å². The van der Waals surface area contributed by atoms with E-state index in [1.165, 1.54) is 13.2 Å². The minimum absolute atomic E-state index is 0.297. The Balaban J connectivity index is 2.36. The molecule has 0 fully saturated rings. The Hall–Kier alpha value is -1.13. The lowest BCUT2D eigenvalue weighted by Crippen LogP contribution is -2.26. The predicted octanol–water partition coefficient (Wildman–Crippen LogP) is 1.53. The molecule has 3 nitrogen and oxygen atoms in total. The molecule has 0 aromatic heterocycles. The van der Waals surface area contributed by atoms with Crippen LogP contribution in [0.25, 0.3) is 0 Å². The van der Waals surface area contributed by atoms with Gasteiger partial charge in [0, 0.05) is 19.6 Å². The maximum absolute atomic E-state index is 13.1. The van der Waals surface area contributed by atoms with Gasteiger partial charge in [-0.15, -0.1) is 0 Å². The van der Waals surface area contributed by atoms with Crippen molar-refractivity contribution in [3.05, 3.63) is 29.6 Å². The lowest BCUT2D eigenvalue weighted by atomic mass is 10.2. The van der Waals surface area contributed by atoms with Gasteiger partial charge >= 0.3 is 0 Å². The van der Waals surface area contributed by atoms with E-state index in [0.29, 0.717) is 5.75 Å². The molecule has 4 heteroatoms. The molecule has 0 radical (unpaired) electrons. The molecule has 2 N–H and O–H groups in total. The highest BCUT2D eigenvalue weighted by Gasteiger charge is 2.02. The lowest BCUT2D eigenvalue weighted by molar-refractivity contribution is 0.385. The van der Waals surface area contributed by atoms with E-state index in [9.17, 15) is 4.39 Å². The molecule has 0 spiro atoms. The summed E-state index contributed by atoms with van der Waals surface area (Å²) in [4.78, 5) is 0. The topological polar surface area (TPSA) is 33.3 Å². The molecule has 1 aromatic rings. The predicted molar refractivity (Wildman–Crippen MR) is 63.2 cm³/mol. The Kier molecular flexibility index (Phi) is 5.82. The van der Waals surface area contributed by atoms with E-state index in [1.807, 2.05) is 0 Å². The van der Waals surface area contributed by atoms with E-state index in [-0.39, 0.29) is 5.82 Å². The monoisotopic (exact) mass is 226 g/mol. The third kappa shape index (κ3) is 4.16. The fourth-order valence-electron chi connectivity index (χ4n) is 1.40. The second-order valence-corrected chi connectivity index (χ2v) is 3.50. The molecule has 1 aromatic carbocycles. The van der Waals surface area contributed by atoms with Gasteiger partial charge in [-0.3, -0.25) is 0 Å². The van der Waals surface area contributed by atoms with Crippen LogP contribution in [0.5, 0.6) is 5.75 Å². The van der Waals surface area contributed by atoms with Crippen LogP contribution in [0, 0.1) is 5.82 Å². The molecule has 16 heavy (non-hydrogen) atoms. The van der Waals surface area contributed by atoms with E-state index < -0.39 is 0 Å². The minimum Gasteiger partial charge on any atom is -0.494 e. The molecule has 0 aliphatic heterocycles. The zero-order valence-corrected chi connectivity index (χ0v) is 9.85. The van der Waals surface area contributed by atoms with Crippen LogP contribution >= 0.6 is 0 Å². The SMILES string of the molecule is CCNCCNCc1ccc(F)c(OC)c1. The Labute approximate surface area is 96.0 Å². The summed E-state index contributed by atoms with van der Waals surface area (Å²) in [5.41, 5.74) is 1.02. The quantitative estimate of drug-likeness (QED) is 0.692. The second kappa shape index (κ2) is 7.19. The number of rotatable bonds is 7. The van der Waals surface area contributed by atoms with E-state index >= 15 is 0 Å². The first kappa shape index (κ1) is 12.9. The number of benzene rings is 1. The van der Waals surface area contributed by atoms with Gasteiger partial charge in [0.15, 0.2) is 11.6 Å². The van der Waals surface area contributed by atoms with Gasteiger partial charge in [0.2, 0.25) is 0 Å². The first-order chi connectivity index (χ1) is 7.77. The average molecular weight is 226 g/mol. The molecule has 0 aliphatic carbocycles. The molecule has 0 amide bonds. The first-order valence-corrected chi connectivity index (χ1v) is 5.51. The van der Waals surface area contributed by atoms with Crippen molar-refractivity contribution in [1.82, 2.24) is 10.6 Å². The summed E-state index contributed by atoms with van der Waals surface area (Å²) in [5, 5.41) is 6.49. The smallest absolute Gasteiger partial charge is 0.165 e. The van der Waals surface area contributed by atoms with Crippen LogP contribution in [-0.2, 0) is 6.54 Å². The van der Waals surface area contributed by atoms with Gasteiger partial charge in [-0.1, -0.05) is 13.0 Å². The Morgan fingerprint density at radius 2 is 2.00 bits per heavy atom. The molecule has 1 rings (SSSR count). The molecule has 0 aliphatic rings. The summed E-state index contributed by atoms with van der Waals surface area (Å²) in [7, 11) is 1.47. The summed E-state index contributed by atoms with van der Waals surface area (Å²) in [6.45, 7) is 5.61. The van der Waals surface area contributed by atoms with Gasteiger partial charge in [0.25, 0.3) is 0 Å². The van der Waals surface area contributed by atoms with Crippen molar-refractivity contribution in [1.29, 1.82) is 0 Å². The zero-order valence-electron chi connectivity index (χ0n) is 9.85. The highest BCUT2D eigenvalue weighted by atomic mass is 19.1. The van der Waals surface area contributed by atoms with E-state index in [4.69, 9.17) is 4.74 Å². The van der Waals surface area contributed by atoms with Crippen molar-refractivity contribution in [3.63, 3.8) is 0 Å². The highest BCUT2D eigenvalue weighted by molar-refractivity contribution is 5.30. The van der Waals surface area contributed by atoms with Gasteiger partial charge in [-0.05, 0) is 24.2 Å². The Bertz CT molecular complexity index is 318. The van der Waals surface area contributed by atoms with Gasteiger partial charge in [-0.25, -0.2) is 4.39 Å². The fourth-order valence-corrected chi connectivity index (χ4v) is 1.40. The van der Waals surface area contributed by atoms with Crippen LogP contribution in [0.1, 0.15) is 12.5 Å². The summed E-state index contributed by atoms with van der Waals surface area (Å²) in [6, 6.07) is 4.91.